The number of methoxy groups -OCH3 is 1. The van der Waals surface area contributed by atoms with E-state index in [0.29, 0.717) is 16.5 Å². The molecule has 0 saturated heterocycles. The van der Waals surface area contributed by atoms with Crippen LogP contribution in [0.2, 0.25) is 10.0 Å². The van der Waals surface area contributed by atoms with E-state index in [1.54, 1.807) is 17.9 Å². The van der Waals surface area contributed by atoms with Gasteiger partial charge < -0.3 is 4.74 Å². The number of halogens is 2. The Balaban J connectivity index is 2.38. The minimum absolute atomic E-state index is 0.189. The molecule has 0 radical (unpaired) electrons. The Morgan fingerprint density at radius 1 is 1.43 bits per heavy atom. The average molecular weight is 329 g/mol. The van der Waals surface area contributed by atoms with Crippen LogP contribution in [0.3, 0.4) is 0 Å². The number of aryl methyl sites for hydroxylation is 2. The maximum Gasteiger partial charge on any atom is 0.123 e. The number of benzene rings is 1. The van der Waals surface area contributed by atoms with Gasteiger partial charge in [-0.15, -0.1) is 0 Å². The molecule has 0 spiro atoms. The van der Waals surface area contributed by atoms with Crippen molar-refractivity contribution in [2.75, 3.05) is 7.11 Å². The molecule has 0 bridgehead atoms. The summed E-state index contributed by atoms with van der Waals surface area (Å²) in [6.07, 6.45) is 0.573. The normalized spacial score (nSPS) is 12.5. The Hall–Kier alpha value is -1.27. The third kappa shape index (κ3) is 3.32. The van der Waals surface area contributed by atoms with Crippen LogP contribution in [0.4, 0.5) is 0 Å². The van der Waals surface area contributed by atoms with Crippen LogP contribution in [-0.4, -0.2) is 16.9 Å². The summed E-state index contributed by atoms with van der Waals surface area (Å²) >= 11 is 12.4. The third-order valence-corrected chi connectivity index (χ3v) is 4.15. The number of rotatable bonds is 5. The molecular formula is C14H18Cl2N4O. The van der Waals surface area contributed by atoms with Crippen LogP contribution in [0.5, 0.6) is 5.75 Å². The zero-order valence-electron chi connectivity index (χ0n) is 12.2. The van der Waals surface area contributed by atoms with Gasteiger partial charge in [-0.05, 0) is 25.1 Å². The first kappa shape index (κ1) is 16.1. The molecule has 0 saturated carbocycles. The van der Waals surface area contributed by atoms with Crippen molar-refractivity contribution in [3.8, 4) is 5.75 Å². The summed E-state index contributed by atoms with van der Waals surface area (Å²) in [6.45, 7) is 1.87. The number of hydrogen-bond donors (Lipinski definition) is 2. The average Bonchev–Trinajstić information content (AvgIpc) is 2.70. The maximum absolute atomic E-state index is 6.30. The Morgan fingerprint density at radius 3 is 2.67 bits per heavy atom. The van der Waals surface area contributed by atoms with Crippen molar-refractivity contribution in [1.29, 1.82) is 0 Å². The topological polar surface area (TPSA) is 65.1 Å². The van der Waals surface area contributed by atoms with E-state index in [9.17, 15) is 0 Å². The maximum atomic E-state index is 6.30. The second-order valence-electron chi connectivity index (χ2n) is 4.78. The summed E-state index contributed by atoms with van der Waals surface area (Å²) in [5.41, 5.74) is 5.37. The number of nitrogens with zero attached hydrogens (tertiary/aromatic N) is 2. The quantitative estimate of drug-likeness (QED) is 0.654. The van der Waals surface area contributed by atoms with Crippen LogP contribution in [-0.2, 0) is 13.5 Å². The minimum atomic E-state index is -0.189. The van der Waals surface area contributed by atoms with Crippen molar-refractivity contribution in [1.82, 2.24) is 15.2 Å². The van der Waals surface area contributed by atoms with Crippen molar-refractivity contribution in [3.63, 3.8) is 0 Å². The van der Waals surface area contributed by atoms with Crippen molar-refractivity contribution >= 4 is 23.2 Å². The SMILES string of the molecule is COc1ccc(Cl)cc1C(Cc1c(Cl)c(C)nn1C)NN. The first-order chi connectivity index (χ1) is 9.97. The summed E-state index contributed by atoms with van der Waals surface area (Å²) in [5, 5.41) is 5.59. The summed E-state index contributed by atoms with van der Waals surface area (Å²) in [6, 6.07) is 5.24. The Morgan fingerprint density at radius 2 is 2.14 bits per heavy atom. The largest absolute Gasteiger partial charge is 0.496 e. The first-order valence-corrected chi connectivity index (χ1v) is 7.21. The first-order valence-electron chi connectivity index (χ1n) is 6.45. The Labute approximate surface area is 134 Å². The lowest BCUT2D eigenvalue weighted by Gasteiger charge is -2.19. The molecule has 2 aromatic rings. The van der Waals surface area contributed by atoms with Crippen LogP contribution in [0, 0.1) is 6.92 Å². The molecule has 1 unspecified atom stereocenters. The molecule has 1 aromatic carbocycles. The molecule has 114 valence electrons. The number of ether oxygens (including phenoxy) is 1. The summed E-state index contributed by atoms with van der Waals surface area (Å²) in [7, 11) is 3.47. The molecular weight excluding hydrogens is 311 g/mol. The standard InChI is InChI=1S/C14H18Cl2N4O/c1-8-14(16)12(20(2)19-8)7-11(18-17)10-6-9(15)4-5-13(10)21-3/h4-6,11,18H,7,17H2,1-3H3. The zero-order valence-corrected chi connectivity index (χ0v) is 13.7. The van der Waals surface area contributed by atoms with Crippen LogP contribution in [0.15, 0.2) is 18.2 Å². The molecule has 0 aliphatic heterocycles. The second-order valence-corrected chi connectivity index (χ2v) is 5.59. The van der Waals surface area contributed by atoms with E-state index in [1.807, 2.05) is 26.1 Å². The highest BCUT2D eigenvalue weighted by Gasteiger charge is 2.20. The van der Waals surface area contributed by atoms with Gasteiger partial charge in [0.15, 0.2) is 0 Å². The van der Waals surface area contributed by atoms with Crippen LogP contribution in [0.25, 0.3) is 0 Å². The van der Waals surface area contributed by atoms with E-state index in [1.165, 1.54) is 0 Å². The van der Waals surface area contributed by atoms with Gasteiger partial charge in [0.2, 0.25) is 0 Å². The van der Waals surface area contributed by atoms with E-state index >= 15 is 0 Å². The van der Waals surface area contributed by atoms with Crippen LogP contribution < -0.4 is 16.0 Å². The van der Waals surface area contributed by atoms with Gasteiger partial charge in [-0.1, -0.05) is 23.2 Å². The predicted octanol–water partition coefficient (Wildman–Crippen LogP) is 2.79. The minimum Gasteiger partial charge on any atom is -0.496 e. The highest BCUT2D eigenvalue weighted by atomic mass is 35.5. The van der Waals surface area contributed by atoms with Crippen LogP contribution in [0.1, 0.15) is 23.0 Å². The number of nitrogens with two attached hydrogens (primary N) is 1. The number of hydrogen-bond acceptors (Lipinski definition) is 4. The van der Waals surface area contributed by atoms with E-state index in [-0.39, 0.29) is 6.04 Å². The van der Waals surface area contributed by atoms with Crippen molar-refractivity contribution in [2.45, 2.75) is 19.4 Å². The van der Waals surface area contributed by atoms with Gasteiger partial charge in [0.05, 0.1) is 29.6 Å². The highest BCUT2D eigenvalue weighted by Crippen LogP contribution is 2.32. The third-order valence-electron chi connectivity index (χ3n) is 3.43. The summed E-state index contributed by atoms with van der Waals surface area (Å²) in [4.78, 5) is 0. The number of hydrazine groups is 1. The lowest BCUT2D eigenvalue weighted by molar-refractivity contribution is 0.398. The molecule has 3 N–H and O–H groups in total. The molecule has 5 nitrogen and oxygen atoms in total. The van der Waals surface area contributed by atoms with E-state index in [4.69, 9.17) is 33.8 Å². The molecule has 1 atom stereocenters. The molecule has 0 amide bonds. The van der Waals surface area contributed by atoms with E-state index < -0.39 is 0 Å². The fraction of sp³-hybridized carbons (Fsp3) is 0.357. The zero-order chi connectivity index (χ0) is 15.6. The van der Waals surface area contributed by atoms with Gasteiger partial charge in [-0.25, -0.2) is 0 Å². The van der Waals surface area contributed by atoms with Gasteiger partial charge >= 0.3 is 0 Å². The summed E-state index contributed by atoms with van der Waals surface area (Å²) < 4.78 is 7.14. The lowest BCUT2D eigenvalue weighted by Crippen LogP contribution is -2.30. The van der Waals surface area contributed by atoms with Gasteiger partial charge in [0, 0.05) is 24.1 Å². The fourth-order valence-corrected chi connectivity index (χ4v) is 2.75. The lowest BCUT2D eigenvalue weighted by atomic mass is 10.0. The van der Waals surface area contributed by atoms with E-state index in [0.717, 1.165) is 22.7 Å². The van der Waals surface area contributed by atoms with Crippen molar-refractivity contribution in [2.24, 2.45) is 12.9 Å². The highest BCUT2D eigenvalue weighted by molar-refractivity contribution is 6.32. The molecule has 2 rings (SSSR count). The monoisotopic (exact) mass is 328 g/mol. The second kappa shape index (κ2) is 6.66. The Bertz CT molecular complexity index is 642. The van der Waals surface area contributed by atoms with Gasteiger partial charge in [-0.2, -0.15) is 5.10 Å². The smallest absolute Gasteiger partial charge is 0.123 e. The van der Waals surface area contributed by atoms with Gasteiger partial charge in [0.1, 0.15) is 5.75 Å². The molecule has 1 aromatic heterocycles. The summed E-state index contributed by atoms with van der Waals surface area (Å²) in [5.74, 6) is 6.43. The molecule has 0 fully saturated rings. The van der Waals surface area contributed by atoms with Gasteiger partial charge in [-0.3, -0.25) is 16.0 Å². The molecule has 0 aliphatic carbocycles. The fourth-order valence-electron chi connectivity index (χ4n) is 2.33. The number of nitrogens with one attached hydrogen (secondary N) is 1. The van der Waals surface area contributed by atoms with Crippen molar-refractivity contribution in [3.05, 3.63) is 45.2 Å². The predicted molar refractivity (Wildman–Crippen MR) is 84.7 cm³/mol. The van der Waals surface area contributed by atoms with Gasteiger partial charge in [0.25, 0.3) is 0 Å². The molecule has 1 heterocycles. The molecule has 21 heavy (non-hydrogen) atoms. The van der Waals surface area contributed by atoms with Crippen molar-refractivity contribution < 1.29 is 4.74 Å². The molecule has 7 heteroatoms. The molecule has 0 aliphatic rings. The Kier molecular flexibility index (Phi) is 5.11. The van der Waals surface area contributed by atoms with Crippen LogP contribution >= 0.6 is 23.2 Å². The number of aromatic nitrogens is 2. The van der Waals surface area contributed by atoms with E-state index in [2.05, 4.69) is 10.5 Å².